The average Bonchev–Trinajstić information content (AvgIpc) is 2.73. The summed E-state index contributed by atoms with van der Waals surface area (Å²) in [6.45, 7) is 7.35. The molecule has 1 spiro atoms. The summed E-state index contributed by atoms with van der Waals surface area (Å²) >= 11 is 2.08. The standard InChI is InChI=1S/C13H26N2S/c1-2-16-11-5-9-15-10-8-14-13(12-15)6-3-4-7-13/h14H,2-12H2,1H3. The summed E-state index contributed by atoms with van der Waals surface area (Å²) < 4.78 is 0. The van der Waals surface area contributed by atoms with Crippen molar-refractivity contribution in [2.24, 2.45) is 0 Å². The Labute approximate surface area is 105 Å². The van der Waals surface area contributed by atoms with E-state index in [9.17, 15) is 0 Å². The monoisotopic (exact) mass is 242 g/mol. The van der Waals surface area contributed by atoms with Crippen molar-refractivity contribution < 1.29 is 0 Å². The van der Waals surface area contributed by atoms with E-state index >= 15 is 0 Å². The lowest BCUT2D eigenvalue weighted by molar-refractivity contribution is 0.135. The number of hydrogen-bond acceptors (Lipinski definition) is 3. The highest BCUT2D eigenvalue weighted by Gasteiger charge is 2.37. The molecule has 16 heavy (non-hydrogen) atoms. The van der Waals surface area contributed by atoms with Crippen LogP contribution in [-0.4, -0.2) is 48.1 Å². The molecule has 94 valence electrons. The molecule has 1 saturated heterocycles. The Morgan fingerprint density at radius 1 is 1.31 bits per heavy atom. The largest absolute Gasteiger partial charge is 0.309 e. The molecule has 2 rings (SSSR count). The molecule has 0 amide bonds. The molecule has 1 aliphatic heterocycles. The normalized spacial score (nSPS) is 25.3. The third-order valence-electron chi connectivity index (χ3n) is 3.98. The van der Waals surface area contributed by atoms with Crippen LogP contribution >= 0.6 is 11.8 Å². The average molecular weight is 242 g/mol. The first-order valence-corrected chi connectivity index (χ1v) is 8.05. The Kier molecular flexibility index (Phi) is 4.98. The Morgan fingerprint density at radius 2 is 2.12 bits per heavy atom. The zero-order valence-corrected chi connectivity index (χ0v) is 11.5. The Hall–Kier alpha value is 0.270. The van der Waals surface area contributed by atoms with Gasteiger partial charge in [-0.25, -0.2) is 0 Å². The van der Waals surface area contributed by atoms with Crippen LogP contribution < -0.4 is 5.32 Å². The number of rotatable bonds is 5. The minimum absolute atomic E-state index is 0.510. The minimum atomic E-state index is 0.510. The maximum absolute atomic E-state index is 3.78. The second-order valence-corrected chi connectivity index (χ2v) is 6.63. The van der Waals surface area contributed by atoms with Crippen molar-refractivity contribution in [3.63, 3.8) is 0 Å². The van der Waals surface area contributed by atoms with Crippen molar-refractivity contribution in [2.45, 2.75) is 44.6 Å². The van der Waals surface area contributed by atoms with Crippen LogP contribution in [0.15, 0.2) is 0 Å². The topological polar surface area (TPSA) is 15.3 Å². The van der Waals surface area contributed by atoms with Gasteiger partial charge in [0.2, 0.25) is 0 Å². The molecule has 1 aliphatic carbocycles. The molecule has 2 nitrogen and oxygen atoms in total. The van der Waals surface area contributed by atoms with E-state index < -0.39 is 0 Å². The van der Waals surface area contributed by atoms with Gasteiger partial charge in [0.15, 0.2) is 0 Å². The highest BCUT2D eigenvalue weighted by molar-refractivity contribution is 7.99. The molecule has 0 unspecified atom stereocenters. The lowest BCUT2D eigenvalue weighted by Crippen LogP contribution is -2.59. The lowest BCUT2D eigenvalue weighted by Gasteiger charge is -2.41. The first kappa shape index (κ1) is 12.7. The molecule has 0 atom stereocenters. The molecule has 3 heteroatoms. The van der Waals surface area contributed by atoms with E-state index in [-0.39, 0.29) is 0 Å². The molecule has 2 aliphatic rings. The van der Waals surface area contributed by atoms with Crippen LogP contribution in [0.25, 0.3) is 0 Å². The van der Waals surface area contributed by atoms with E-state index in [1.54, 1.807) is 0 Å². The van der Waals surface area contributed by atoms with Gasteiger partial charge in [-0.15, -0.1) is 0 Å². The maximum Gasteiger partial charge on any atom is 0.0309 e. The maximum atomic E-state index is 3.78. The van der Waals surface area contributed by atoms with Gasteiger partial charge in [-0.1, -0.05) is 19.8 Å². The zero-order valence-electron chi connectivity index (χ0n) is 10.6. The summed E-state index contributed by atoms with van der Waals surface area (Å²) in [4.78, 5) is 2.69. The van der Waals surface area contributed by atoms with E-state index in [2.05, 4.69) is 28.9 Å². The molecule has 0 bridgehead atoms. The van der Waals surface area contributed by atoms with Crippen LogP contribution in [0.5, 0.6) is 0 Å². The van der Waals surface area contributed by atoms with Crippen molar-refractivity contribution in [2.75, 3.05) is 37.7 Å². The predicted molar refractivity (Wildman–Crippen MR) is 73.3 cm³/mol. The lowest BCUT2D eigenvalue weighted by atomic mass is 9.94. The first-order valence-electron chi connectivity index (χ1n) is 6.90. The van der Waals surface area contributed by atoms with Gasteiger partial charge in [0, 0.05) is 25.2 Å². The van der Waals surface area contributed by atoms with Crippen LogP contribution in [0.1, 0.15) is 39.0 Å². The molecule has 0 aromatic heterocycles. The fraction of sp³-hybridized carbons (Fsp3) is 1.00. The number of piperazine rings is 1. The van der Waals surface area contributed by atoms with Gasteiger partial charge in [0.25, 0.3) is 0 Å². The van der Waals surface area contributed by atoms with E-state index in [1.807, 2.05) is 0 Å². The zero-order chi connectivity index (χ0) is 11.3. The molecule has 1 heterocycles. The van der Waals surface area contributed by atoms with E-state index in [0.717, 1.165) is 0 Å². The highest BCUT2D eigenvalue weighted by atomic mass is 32.2. The van der Waals surface area contributed by atoms with Crippen LogP contribution in [0.4, 0.5) is 0 Å². The van der Waals surface area contributed by atoms with E-state index in [1.165, 1.54) is 69.8 Å². The number of nitrogens with zero attached hydrogens (tertiary/aromatic N) is 1. The van der Waals surface area contributed by atoms with Crippen molar-refractivity contribution in [1.29, 1.82) is 0 Å². The summed E-state index contributed by atoms with van der Waals surface area (Å²) in [6.07, 6.45) is 7.06. The van der Waals surface area contributed by atoms with Gasteiger partial charge in [0.05, 0.1) is 0 Å². The van der Waals surface area contributed by atoms with Crippen molar-refractivity contribution in [1.82, 2.24) is 10.2 Å². The Morgan fingerprint density at radius 3 is 2.88 bits per heavy atom. The van der Waals surface area contributed by atoms with Crippen molar-refractivity contribution in [3.05, 3.63) is 0 Å². The highest BCUT2D eigenvalue weighted by Crippen LogP contribution is 2.31. The molecule has 0 radical (unpaired) electrons. The quantitative estimate of drug-likeness (QED) is 0.745. The molecule has 0 aromatic rings. The summed E-state index contributed by atoms with van der Waals surface area (Å²) in [6, 6.07) is 0. The van der Waals surface area contributed by atoms with Crippen molar-refractivity contribution >= 4 is 11.8 Å². The summed E-state index contributed by atoms with van der Waals surface area (Å²) in [5, 5.41) is 3.78. The van der Waals surface area contributed by atoms with Crippen LogP contribution in [0.3, 0.4) is 0 Å². The third kappa shape index (κ3) is 3.38. The van der Waals surface area contributed by atoms with Crippen LogP contribution in [0.2, 0.25) is 0 Å². The fourth-order valence-electron chi connectivity index (χ4n) is 3.15. The molecule has 1 saturated carbocycles. The summed E-state index contributed by atoms with van der Waals surface area (Å²) in [5.41, 5.74) is 0.510. The molecular weight excluding hydrogens is 216 g/mol. The second kappa shape index (κ2) is 6.27. The number of thioether (sulfide) groups is 1. The van der Waals surface area contributed by atoms with Gasteiger partial charge >= 0.3 is 0 Å². The molecule has 1 N–H and O–H groups in total. The molecular formula is C13H26N2S. The first-order chi connectivity index (χ1) is 7.85. The smallest absolute Gasteiger partial charge is 0.0309 e. The van der Waals surface area contributed by atoms with Gasteiger partial charge in [-0.05, 0) is 37.3 Å². The molecule has 0 aromatic carbocycles. The van der Waals surface area contributed by atoms with Gasteiger partial charge in [0.1, 0.15) is 0 Å². The SMILES string of the molecule is CCSCCCN1CCNC2(CCCC2)C1. The van der Waals surface area contributed by atoms with Crippen LogP contribution in [0, 0.1) is 0 Å². The number of hydrogen-bond donors (Lipinski definition) is 1. The van der Waals surface area contributed by atoms with E-state index in [4.69, 9.17) is 0 Å². The van der Waals surface area contributed by atoms with Gasteiger partial charge in [-0.3, -0.25) is 0 Å². The summed E-state index contributed by atoms with van der Waals surface area (Å²) in [5.74, 6) is 2.61. The van der Waals surface area contributed by atoms with Gasteiger partial charge < -0.3 is 10.2 Å². The Bertz CT molecular complexity index is 202. The second-order valence-electron chi connectivity index (χ2n) is 5.24. The third-order valence-corrected chi connectivity index (χ3v) is 4.97. The van der Waals surface area contributed by atoms with Crippen LogP contribution in [-0.2, 0) is 0 Å². The fourth-order valence-corrected chi connectivity index (χ4v) is 3.78. The predicted octanol–water partition coefficient (Wildman–Crippen LogP) is 2.35. The van der Waals surface area contributed by atoms with Gasteiger partial charge in [-0.2, -0.15) is 11.8 Å². The summed E-state index contributed by atoms with van der Waals surface area (Å²) in [7, 11) is 0. The van der Waals surface area contributed by atoms with Crippen molar-refractivity contribution in [3.8, 4) is 0 Å². The van der Waals surface area contributed by atoms with E-state index in [0.29, 0.717) is 5.54 Å². The molecule has 2 fully saturated rings. The Balaban J connectivity index is 1.70. The number of nitrogens with one attached hydrogen (secondary N) is 1. The minimum Gasteiger partial charge on any atom is -0.309 e.